The first-order valence-corrected chi connectivity index (χ1v) is 10.7. The van der Waals surface area contributed by atoms with E-state index in [1.807, 2.05) is 11.8 Å². The first-order chi connectivity index (χ1) is 15.9. The zero-order valence-electron chi connectivity index (χ0n) is 18.5. The van der Waals surface area contributed by atoms with Crippen LogP contribution in [0.5, 0.6) is 5.75 Å². The Morgan fingerprint density at radius 1 is 1.12 bits per heavy atom. The lowest BCUT2D eigenvalue weighted by molar-refractivity contribution is -0.122. The second-order valence-corrected chi connectivity index (χ2v) is 7.95. The van der Waals surface area contributed by atoms with Crippen LogP contribution >= 0.6 is 0 Å². The number of likely N-dealkylation sites (tertiary alicyclic amines) is 1. The van der Waals surface area contributed by atoms with Gasteiger partial charge >= 0.3 is 0 Å². The van der Waals surface area contributed by atoms with Crippen LogP contribution in [0.2, 0.25) is 0 Å². The summed E-state index contributed by atoms with van der Waals surface area (Å²) in [6.45, 7) is 2.55. The van der Waals surface area contributed by atoms with Crippen molar-refractivity contribution in [3.63, 3.8) is 0 Å². The number of hydrogen-bond acceptors (Lipinski definition) is 5. The number of ether oxygens (including phenoxy) is 1. The highest BCUT2D eigenvalue weighted by molar-refractivity contribution is 5.96. The number of carbonyl (C=O) groups excluding carboxylic acids is 2. The number of anilines is 2. The second-order valence-electron chi connectivity index (χ2n) is 7.95. The number of nitrogens with one attached hydrogen (secondary N) is 2. The third kappa shape index (κ3) is 5.38. The molecule has 2 heterocycles. The lowest BCUT2D eigenvalue weighted by atomic mass is 10.2. The lowest BCUT2D eigenvalue weighted by Gasteiger charge is -2.23. The normalized spacial score (nSPS) is 15.9. The zero-order chi connectivity index (χ0) is 23.4. The summed E-state index contributed by atoms with van der Waals surface area (Å²) in [4.78, 5) is 27.5. The van der Waals surface area contributed by atoms with Crippen LogP contribution in [0.3, 0.4) is 0 Å². The SMILES string of the molecule is COc1ccc(NC(=O)C2CCCN2CC(=O)Nc2cc(C)nn2-c2ccc(F)cc2)cc1. The Hall–Kier alpha value is -3.72. The highest BCUT2D eigenvalue weighted by atomic mass is 19.1. The Kier molecular flexibility index (Phi) is 6.69. The van der Waals surface area contributed by atoms with Crippen LogP contribution in [0, 0.1) is 12.7 Å². The van der Waals surface area contributed by atoms with Crippen LogP contribution in [0.4, 0.5) is 15.9 Å². The first kappa shape index (κ1) is 22.5. The largest absolute Gasteiger partial charge is 0.497 e. The highest BCUT2D eigenvalue weighted by Crippen LogP contribution is 2.22. The third-order valence-corrected chi connectivity index (χ3v) is 5.54. The number of nitrogens with zero attached hydrogens (tertiary/aromatic N) is 3. The number of methoxy groups -OCH3 is 1. The van der Waals surface area contributed by atoms with Gasteiger partial charge in [-0.3, -0.25) is 14.5 Å². The van der Waals surface area contributed by atoms with Gasteiger partial charge in [-0.1, -0.05) is 0 Å². The molecule has 1 unspecified atom stereocenters. The van der Waals surface area contributed by atoms with E-state index >= 15 is 0 Å². The molecule has 1 aliphatic heterocycles. The van der Waals surface area contributed by atoms with Crippen LogP contribution in [-0.4, -0.2) is 52.7 Å². The average Bonchev–Trinajstić information content (AvgIpc) is 3.41. The van der Waals surface area contributed by atoms with Gasteiger partial charge in [-0.2, -0.15) is 5.10 Å². The topological polar surface area (TPSA) is 88.5 Å². The monoisotopic (exact) mass is 451 g/mol. The maximum atomic E-state index is 13.3. The zero-order valence-corrected chi connectivity index (χ0v) is 18.5. The molecular formula is C24H26FN5O3. The van der Waals surface area contributed by atoms with Crippen LogP contribution in [0.15, 0.2) is 54.6 Å². The molecule has 2 amide bonds. The van der Waals surface area contributed by atoms with E-state index in [1.54, 1.807) is 54.3 Å². The van der Waals surface area contributed by atoms with Crippen molar-refractivity contribution in [3.05, 3.63) is 66.1 Å². The van der Waals surface area contributed by atoms with Gasteiger partial charge in [0.25, 0.3) is 0 Å². The Morgan fingerprint density at radius 2 is 1.85 bits per heavy atom. The molecule has 0 spiro atoms. The third-order valence-electron chi connectivity index (χ3n) is 5.54. The van der Waals surface area contributed by atoms with E-state index in [0.717, 1.165) is 6.42 Å². The number of amides is 2. The fraction of sp³-hybridized carbons (Fsp3) is 0.292. The minimum atomic E-state index is -0.387. The van der Waals surface area contributed by atoms with Gasteiger partial charge < -0.3 is 15.4 Å². The summed E-state index contributed by atoms with van der Waals surface area (Å²) in [6.07, 6.45) is 1.52. The van der Waals surface area contributed by atoms with Gasteiger partial charge in [0.05, 0.1) is 31.1 Å². The van der Waals surface area contributed by atoms with Gasteiger partial charge in [0, 0.05) is 11.8 Å². The fourth-order valence-electron chi connectivity index (χ4n) is 3.95. The molecule has 0 saturated carbocycles. The van der Waals surface area contributed by atoms with Crippen molar-refractivity contribution >= 4 is 23.3 Å². The molecule has 172 valence electrons. The summed E-state index contributed by atoms with van der Waals surface area (Å²) in [5.41, 5.74) is 2.03. The lowest BCUT2D eigenvalue weighted by Crippen LogP contribution is -2.43. The molecule has 8 nitrogen and oxygen atoms in total. The van der Waals surface area contributed by atoms with Crippen LogP contribution < -0.4 is 15.4 Å². The number of aryl methyl sites for hydroxylation is 1. The molecule has 1 fully saturated rings. The second kappa shape index (κ2) is 9.83. The number of benzene rings is 2. The van der Waals surface area contributed by atoms with Gasteiger partial charge in [-0.15, -0.1) is 0 Å². The maximum Gasteiger partial charge on any atom is 0.241 e. The average molecular weight is 452 g/mol. The Labute approximate surface area is 191 Å². The molecule has 0 radical (unpaired) electrons. The van der Waals surface area contributed by atoms with E-state index in [0.29, 0.717) is 41.6 Å². The first-order valence-electron chi connectivity index (χ1n) is 10.7. The predicted molar refractivity (Wildman–Crippen MR) is 123 cm³/mol. The summed E-state index contributed by atoms with van der Waals surface area (Å²) in [5.74, 6) is 0.464. The van der Waals surface area contributed by atoms with Crippen molar-refractivity contribution in [3.8, 4) is 11.4 Å². The molecule has 1 aliphatic rings. The number of hydrogen-bond donors (Lipinski definition) is 2. The summed E-state index contributed by atoms with van der Waals surface area (Å²) >= 11 is 0. The van der Waals surface area contributed by atoms with Gasteiger partial charge in [0.2, 0.25) is 11.8 Å². The minimum absolute atomic E-state index is 0.0777. The van der Waals surface area contributed by atoms with Crippen molar-refractivity contribution in [1.82, 2.24) is 14.7 Å². The van der Waals surface area contributed by atoms with Gasteiger partial charge in [-0.05, 0) is 74.8 Å². The quantitative estimate of drug-likeness (QED) is 0.575. The van der Waals surface area contributed by atoms with Crippen molar-refractivity contribution < 1.29 is 18.7 Å². The minimum Gasteiger partial charge on any atom is -0.497 e. The predicted octanol–water partition coefficient (Wildman–Crippen LogP) is 3.37. The van der Waals surface area contributed by atoms with Crippen molar-refractivity contribution in [2.24, 2.45) is 0 Å². The van der Waals surface area contributed by atoms with E-state index < -0.39 is 0 Å². The van der Waals surface area contributed by atoms with Crippen molar-refractivity contribution in [2.75, 3.05) is 30.8 Å². The number of carbonyl (C=O) groups is 2. The van der Waals surface area contributed by atoms with E-state index in [2.05, 4.69) is 15.7 Å². The van der Waals surface area contributed by atoms with Gasteiger partial charge in [-0.25, -0.2) is 9.07 Å². The Morgan fingerprint density at radius 3 is 2.55 bits per heavy atom. The Balaban J connectivity index is 1.40. The molecule has 1 atom stereocenters. The fourth-order valence-corrected chi connectivity index (χ4v) is 3.95. The standard InChI is InChI=1S/C24H26FN5O3/c1-16-14-22(30(28-16)19-9-5-17(25)6-10-19)27-23(31)15-29-13-3-4-21(29)24(32)26-18-7-11-20(33-2)12-8-18/h5-12,14,21H,3-4,13,15H2,1-2H3,(H,26,32)(H,27,31). The molecule has 0 aliphatic carbocycles. The summed E-state index contributed by atoms with van der Waals surface area (Å²) in [5, 5.41) is 10.2. The van der Waals surface area contributed by atoms with Crippen LogP contribution in [-0.2, 0) is 9.59 Å². The van der Waals surface area contributed by atoms with Gasteiger partial charge in [0.1, 0.15) is 17.4 Å². The molecule has 1 saturated heterocycles. The number of halogens is 1. The number of rotatable bonds is 7. The van der Waals surface area contributed by atoms with E-state index in [4.69, 9.17) is 4.74 Å². The molecule has 4 rings (SSSR count). The number of aromatic nitrogens is 2. The van der Waals surface area contributed by atoms with Crippen molar-refractivity contribution in [1.29, 1.82) is 0 Å². The molecule has 2 N–H and O–H groups in total. The van der Waals surface area contributed by atoms with E-state index in [-0.39, 0.29) is 30.2 Å². The molecule has 33 heavy (non-hydrogen) atoms. The summed E-state index contributed by atoms with van der Waals surface area (Å²) < 4.78 is 20.0. The molecular weight excluding hydrogens is 425 g/mol. The summed E-state index contributed by atoms with van der Waals surface area (Å²) in [7, 11) is 1.59. The molecule has 0 bridgehead atoms. The maximum absolute atomic E-state index is 13.3. The molecule has 1 aromatic heterocycles. The van der Waals surface area contributed by atoms with Gasteiger partial charge in [0.15, 0.2) is 0 Å². The molecule has 2 aromatic carbocycles. The smallest absolute Gasteiger partial charge is 0.241 e. The van der Waals surface area contributed by atoms with Crippen molar-refractivity contribution in [2.45, 2.75) is 25.8 Å². The van der Waals surface area contributed by atoms with Crippen LogP contribution in [0.25, 0.3) is 5.69 Å². The Bertz CT molecular complexity index is 1130. The van der Waals surface area contributed by atoms with Crippen LogP contribution in [0.1, 0.15) is 18.5 Å². The van der Waals surface area contributed by atoms with E-state index in [1.165, 1.54) is 12.1 Å². The molecule has 9 heteroatoms. The molecule has 3 aromatic rings. The highest BCUT2D eigenvalue weighted by Gasteiger charge is 2.32. The van der Waals surface area contributed by atoms with E-state index in [9.17, 15) is 14.0 Å². The summed E-state index contributed by atoms with van der Waals surface area (Å²) in [6, 6.07) is 14.4.